The minimum atomic E-state index is 0. The van der Waals surface area contributed by atoms with E-state index >= 15 is 0 Å². The van der Waals surface area contributed by atoms with Crippen molar-refractivity contribution in [2.24, 2.45) is 0 Å². The molecule has 2 aliphatic heterocycles. The average molecular weight is 307 g/mol. The van der Waals surface area contributed by atoms with Crippen LogP contribution in [-0.4, -0.2) is 18.6 Å². The Morgan fingerprint density at radius 1 is 0.750 bits per heavy atom. The topological polar surface area (TPSA) is 12.0 Å². The fourth-order valence-electron chi connectivity index (χ4n) is 3.03. The Morgan fingerprint density at radius 3 is 1.65 bits per heavy atom. The van der Waals surface area contributed by atoms with E-state index < -0.39 is 0 Å². The summed E-state index contributed by atoms with van der Waals surface area (Å²) in [5, 5.41) is 11.2. The van der Waals surface area contributed by atoms with Crippen molar-refractivity contribution >= 4 is 48.0 Å². The fraction of sp³-hybridized carbons (Fsp3) is 0.125. The molecular formula is C16H16Cl2N2. The zero-order chi connectivity index (χ0) is 12.3. The van der Waals surface area contributed by atoms with Crippen LogP contribution in [0, 0.1) is 0 Å². The van der Waals surface area contributed by atoms with Crippen molar-refractivity contribution in [3.63, 3.8) is 0 Å². The Bertz CT molecular complexity index is 857. The summed E-state index contributed by atoms with van der Waals surface area (Å²) in [6.07, 6.45) is 8.75. The summed E-state index contributed by atoms with van der Waals surface area (Å²) in [4.78, 5) is 0. The summed E-state index contributed by atoms with van der Waals surface area (Å²) in [6.45, 7) is 0. The predicted molar refractivity (Wildman–Crippen MR) is 82.8 cm³/mol. The van der Waals surface area contributed by atoms with Gasteiger partial charge in [0.15, 0.2) is 0 Å². The average Bonchev–Trinajstić information content (AvgIpc) is 2.34. The molecule has 0 aromatic heterocycles. The Hall–Kier alpha value is -1.48. The number of rotatable bonds is 0. The van der Waals surface area contributed by atoms with Crippen molar-refractivity contribution in [3.8, 4) is 0 Å². The molecule has 20 heavy (non-hydrogen) atoms. The molecule has 0 radical (unpaired) electrons. The van der Waals surface area contributed by atoms with E-state index in [0.29, 0.717) is 0 Å². The first-order valence-electron chi connectivity index (χ1n) is 6.21. The molecule has 0 unspecified atom stereocenters. The largest absolute Gasteiger partial charge is 1.00 e. The van der Waals surface area contributed by atoms with Gasteiger partial charge in [-0.05, 0) is 22.6 Å². The van der Waals surface area contributed by atoms with Gasteiger partial charge in [-0.15, -0.1) is 12.4 Å². The lowest BCUT2D eigenvalue weighted by atomic mass is 10.00. The van der Waals surface area contributed by atoms with E-state index in [-0.39, 0.29) is 24.8 Å². The second-order valence-electron chi connectivity index (χ2n) is 5.58. The molecule has 0 amide bonds. The third-order valence-electron chi connectivity index (χ3n) is 3.71. The van der Waals surface area contributed by atoms with Gasteiger partial charge in [0.25, 0.3) is 0 Å². The van der Waals surface area contributed by atoms with Crippen LogP contribution in [0.15, 0.2) is 24.3 Å². The van der Waals surface area contributed by atoms with E-state index in [1.807, 2.05) is 0 Å². The molecule has 2 aromatic carbocycles. The summed E-state index contributed by atoms with van der Waals surface area (Å²) >= 11 is 0. The third-order valence-corrected chi connectivity index (χ3v) is 3.71. The zero-order valence-electron chi connectivity index (χ0n) is 11.4. The maximum Gasteiger partial charge on any atom is 0.108 e. The van der Waals surface area contributed by atoms with Crippen LogP contribution in [0.2, 0.25) is 0 Å². The highest BCUT2D eigenvalue weighted by Gasteiger charge is 2.15. The molecule has 2 aromatic rings. The van der Waals surface area contributed by atoms with Crippen LogP contribution in [0.5, 0.6) is 0 Å². The highest BCUT2D eigenvalue weighted by atomic mass is 35.5. The standard InChI is InChI=1S/C16H15N2.2ClH/c1-18(2)9-13-5-3-11-7-17-8-12-4-6-14(10-18)16(13)15(11)12;;/h3-10,17H,1-2H3;2*1H/q+1;;/p-1. The van der Waals surface area contributed by atoms with E-state index in [1.165, 1.54) is 31.6 Å². The van der Waals surface area contributed by atoms with Gasteiger partial charge in [0.05, 0.1) is 14.1 Å². The van der Waals surface area contributed by atoms with E-state index in [4.69, 9.17) is 0 Å². The van der Waals surface area contributed by atoms with Gasteiger partial charge in [0.2, 0.25) is 0 Å². The minimum absolute atomic E-state index is 0. The molecule has 4 rings (SSSR count). The van der Waals surface area contributed by atoms with Crippen molar-refractivity contribution in [1.29, 1.82) is 0 Å². The van der Waals surface area contributed by atoms with Gasteiger partial charge >= 0.3 is 0 Å². The van der Waals surface area contributed by atoms with E-state index in [2.05, 4.69) is 68.5 Å². The molecule has 104 valence electrons. The lowest BCUT2D eigenvalue weighted by Gasteiger charge is -2.23. The van der Waals surface area contributed by atoms with Crippen molar-refractivity contribution in [1.82, 2.24) is 5.32 Å². The van der Waals surface area contributed by atoms with Crippen LogP contribution in [0.1, 0.15) is 0 Å². The molecule has 0 bridgehead atoms. The minimum Gasteiger partial charge on any atom is -1.00 e. The Balaban J connectivity index is 0.000000735. The maximum absolute atomic E-state index is 3.22. The first-order valence-corrected chi connectivity index (χ1v) is 6.21. The number of hydrogen-bond donors (Lipinski definition) is 1. The Morgan fingerprint density at radius 2 is 1.15 bits per heavy atom. The molecular weight excluding hydrogens is 291 g/mol. The molecule has 0 saturated carbocycles. The van der Waals surface area contributed by atoms with Crippen LogP contribution >= 0.6 is 12.4 Å². The lowest BCUT2D eigenvalue weighted by Crippen LogP contribution is -3.00. The predicted octanol–water partition coefficient (Wildman–Crippen LogP) is -3.09. The first kappa shape index (κ1) is 14.9. The van der Waals surface area contributed by atoms with Gasteiger partial charge in [0, 0.05) is 33.6 Å². The second kappa shape index (κ2) is 4.81. The monoisotopic (exact) mass is 306 g/mol. The van der Waals surface area contributed by atoms with Crippen LogP contribution in [0.3, 0.4) is 0 Å². The Labute approximate surface area is 129 Å². The number of nitrogens with one attached hydrogen (secondary N) is 1. The van der Waals surface area contributed by atoms with E-state index in [1.54, 1.807) is 0 Å². The Kier molecular flexibility index (Phi) is 3.59. The molecule has 0 spiro atoms. The first-order chi connectivity index (χ1) is 8.64. The summed E-state index contributed by atoms with van der Waals surface area (Å²) in [5.41, 5.74) is 0. The number of halogens is 2. The maximum atomic E-state index is 3.22. The molecule has 2 nitrogen and oxygen atoms in total. The summed E-state index contributed by atoms with van der Waals surface area (Å²) < 4.78 is 0.798. The van der Waals surface area contributed by atoms with E-state index in [0.717, 1.165) is 4.48 Å². The van der Waals surface area contributed by atoms with Crippen LogP contribution < -0.4 is 38.6 Å². The molecule has 4 heteroatoms. The lowest BCUT2D eigenvalue weighted by molar-refractivity contribution is -0.724. The highest BCUT2D eigenvalue weighted by Crippen LogP contribution is 2.07. The summed E-state index contributed by atoms with van der Waals surface area (Å²) in [6, 6.07) is 8.85. The molecule has 0 aliphatic carbocycles. The summed E-state index contributed by atoms with van der Waals surface area (Å²) in [7, 11) is 4.39. The van der Waals surface area contributed by atoms with Gasteiger partial charge in [-0.1, -0.05) is 12.1 Å². The smallest absolute Gasteiger partial charge is 0.108 e. The quantitative estimate of drug-likeness (QED) is 0.509. The number of benzene rings is 2. The number of nitrogens with zero attached hydrogens (tertiary/aromatic N) is 1. The summed E-state index contributed by atoms with van der Waals surface area (Å²) in [5.74, 6) is 0. The van der Waals surface area contributed by atoms with E-state index in [9.17, 15) is 0 Å². The van der Waals surface area contributed by atoms with Crippen molar-refractivity contribution in [2.45, 2.75) is 0 Å². The van der Waals surface area contributed by atoms with Gasteiger partial charge in [-0.2, -0.15) is 0 Å². The molecule has 2 heterocycles. The number of quaternary nitrogens is 1. The molecule has 1 N–H and O–H groups in total. The third kappa shape index (κ3) is 2.01. The number of hydrogen-bond acceptors (Lipinski definition) is 1. The normalized spacial score (nSPS) is 16.1. The molecule has 0 fully saturated rings. The fourth-order valence-corrected chi connectivity index (χ4v) is 3.03. The van der Waals surface area contributed by atoms with Gasteiger partial charge in [0.1, 0.15) is 12.4 Å². The molecule has 0 saturated heterocycles. The van der Waals surface area contributed by atoms with Gasteiger partial charge in [-0.3, -0.25) is 4.48 Å². The van der Waals surface area contributed by atoms with Crippen LogP contribution in [-0.2, 0) is 0 Å². The van der Waals surface area contributed by atoms with Crippen LogP contribution in [0.4, 0.5) is 0 Å². The zero-order valence-corrected chi connectivity index (χ0v) is 12.9. The van der Waals surface area contributed by atoms with Gasteiger partial charge < -0.3 is 17.7 Å². The molecule has 0 atom stereocenters. The second-order valence-corrected chi connectivity index (χ2v) is 5.58. The molecule has 2 aliphatic rings. The van der Waals surface area contributed by atoms with Crippen LogP contribution in [0.25, 0.3) is 35.6 Å². The van der Waals surface area contributed by atoms with Crippen molar-refractivity contribution in [2.75, 3.05) is 14.1 Å². The van der Waals surface area contributed by atoms with Crippen molar-refractivity contribution < 1.29 is 16.9 Å². The van der Waals surface area contributed by atoms with Gasteiger partial charge in [-0.25, -0.2) is 0 Å². The SMILES string of the molecule is C[N+]1(C)C=c2ccc3c4c(ccc(c24)=C1)=CNC=3.Cl.[Cl-]. The highest BCUT2D eigenvalue weighted by molar-refractivity contribution is 5.88. The van der Waals surface area contributed by atoms with Crippen molar-refractivity contribution in [3.05, 3.63) is 45.1 Å².